The molecule has 0 unspecified atom stereocenters. The van der Waals surface area contributed by atoms with E-state index in [0.29, 0.717) is 6.54 Å². The molecule has 0 saturated carbocycles. The van der Waals surface area contributed by atoms with E-state index in [2.05, 4.69) is 47.4 Å². The number of guanidine groups is 1. The molecule has 0 amide bonds. The lowest BCUT2D eigenvalue weighted by atomic mass is 10.2. The molecule has 20 heavy (non-hydrogen) atoms. The first-order valence-corrected chi connectivity index (χ1v) is 7.70. The van der Waals surface area contributed by atoms with Crippen LogP contribution in [0.5, 0.6) is 0 Å². The van der Waals surface area contributed by atoms with Crippen LogP contribution in [0.1, 0.15) is 50.8 Å². The van der Waals surface area contributed by atoms with Crippen molar-refractivity contribution in [2.45, 2.75) is 53.0 Å². The Bertz CT molecular complexity index is 401. The Morgan fingerprint density at radius 3 is 2.75 bits per heavy atom. The largest absolute Gasteiger partial charge is 0.357 e. The van der Waals surface area contributed by atoms with Gasteiger partial charge in [0.1, 0.15) is 0 Å². The van der Waals surface area contributed by atoms with E-state index in [4.69, 9.17) is 0 Å². The molecule has 0 spiro atoms. The Hall–Kier alpha value is -1.58. The summed E-state index contributed by atoms with van der Waals surface area (Å²) in [6, 6.07) is 4.03. The van der Waals surface area contributed by atoms with Crippen molar-refractivity contribution in [3.63, 3.8) is 0 Å². The normalized spacial score (nSPS) is 11.4. The first kappa shape index (κ1) is 16.5. The van der Waals surface area contributed by atoms with Gasteiger partial charge in [-0.2, -0.15) is 0 Å². The molecule has 0 aliphatic rings. The van der Waals surface area contributed by atoms with Crippen LogP contribution in [0.4, 0.5) is 0 Å². The van der Waals surface area contributed by atoms with E-state index in [1.807, 2.05) is 12.3 Å². The summed E-state index contributed by atoms with van der Waals surface area (Å²) in [5.41, 5.74) is 2.23. The van der Waals surface area contributed by atoms with Crippen LogP contribution in [0.25, 0.3) is 0 Å². The van der Waals surface area contributed by atoms with Gasteiger partial charge in [-0.1, -0.05) is 32.3 Å². The molecule has 0 aromatic carbocycles. The van der Waals surface area contributed by atoms with E-state index in [1.165, 1.54) is 31.2 Å². The summed E-state index contributed by atoms with van der Waals surface area (Å²) in [5, 5.41) is 6.65. The van der Waals surface area contributed by atoms with Crippen LogP contribution in [-0.2, 0) is 6.54 Å². The van der Waals surface area contributed by atoms with E-state index < -0.39 is 0 Å². The van der Waals surface area contributed by atoms with Gasteiger partial charge in [-0.15, -0.1) is 0 Å². The minimum absolute atomic E-state index is 0.622. The second kappa shape index (κ2) is 10.2. The number of pyridine rings is 1. The number of hydrogen-bond acceptors (Lipinski definition) is 2. The lowest BCUT2D eigenvalue weighted by Crippen LogP contribution is -2.37. The van der Waals surface area contributed by atoms with Gasteiger partial charge in [0.25, 0.3) is 0 Å². The summed E-state index contributed by atoms with van der Waals surface area (Å²) >= 11 is 0. The second-order valence-corrected chi connectivity index (χ2v) is 4.95. The van der Waals surface area contributed by atoms with E-state index in [9.17, 15) is 0 Å². The van der Waals surface area contributed by atoms with Gasteiger partial charge in [0.15, 0.2) is 5.96 Å². The fourth-order valence-electron chi connectivity index (χ4n) is 1.94. The minimum atomic E-state index is 0.622. The molecule has 0 fully saturated rings. The van der Waals surface area contributed by atoms with Crippen molar-refractivity contribution >= 4 is 5.96 Å². The highest BCUT2D eigenvalue weighted by Crippen LogP contribution is 2.04. The Kier molecular flexibility index (Phi) is 8.43. The molecule has 1 aromatic heterocycles. The second-order valence-electron chi connectivity index (χ2n) is 4.95. The van der Waals surface area contributed by atoms with Crippen molar-refractivity contribution in [2.75, 3.05) is 13.1 Å². The number of hydrogen-bond donors (Lipinski definition) is 2. The molecule has 0 aliphatic heterocycles. The fourth-order valence-corrected chi connectivity index (χ4v) is 1.94. The Morgan fingerprint density at radius 2 is 2.05 bits per heavy atom. The summed E-state index contributed by atoms with van der Waals surface area (Å²) in [7, 11) is 0. The number of nitrogens with zero attached hydrogens (tertiary/aromatic N) is 2. The smallest absolute Gasteiger partial charge is 0.191 e. The van der Waals surface area contributed by atoms with Gasteiger partial charge >= 0.3 is 0 Å². The molecule has 112 valence electrons. The summed E-state index contributed by atoms with van der Waals surface area (Å²) in [6.07, 6.45) is 6.88. The van der Waals surface area contributed by atoms with Gasteiger partial charge in [0.05, 0.1) is 12.2 Å². The lowest BCUT2D eigenvalue weighted by molar-refractivity contribution is 0.647. The highest BCUT2D eigenvalue weighted by atomic mass is 15.2. The van der Waals surface area contributed by atoms with Crippen LogP contribution in [0, 0.1) is 6.92 Å². The number of aryl methyl sites for hydroxylation is 1. The van der Waals surface area contributed by atoms with Gasteiger partial charge < -0.3 is 10.6 Å². The third kappa shape index (κ3) is 6.55. The molecule has 1 heterocycles. The molecule has 0 saturated heterocycles. The zero-order valence-electron chi connectivity index (χ0n) is 13.1. The van der Waals surface area contributed by atoms with Gasteiger partial charge in [0, 0.05) is 19.3 Å². The van der Waals surface area contributed by atoms with Gasteiger partial charge in [-0.3, -0.25) is 4.98 Å². The molecular weight excluding hydrogens is 248 g/mol. The molecule has 1 rings (SSSR count). The first-order valence-electron chi connectivity index (χ1n) is 7.70. The first-order chi connectivity index (χ1) is 9.77. The maximum atomic E-state index is 4.59. The van der Waals surface area contributed by atoms with Crippen molar-refractivity contribution in [2.24, 2.45) is 4.99 Å². The molecule has 0 aliphatic carbocycles. The highest BCUT2D eigenvalue weighted by molar-refractivity contribution is 5.79. The molecule has 0 bridgehead atoms. The zero-order chi connectivity index (χ0) is 14.6. The summed E-state index contributed by atoms with van der Waals surface area (Å²) in [4.78, 5) is 8.96. The standard InChI is InChI=1S/C16H28N4/c1-4-6-7-8-11-19-16(17-5-2)20-13-15-14(3)10-9-12-18-15/h9-10,12H,4-8,11,13H2,1-3H3,(H2,17,19,20). The minimum Gasteiger partial charge on any atom is -0.357 e. The Balaban J connectivity index is 2.44. The maximum absolute atomic E-state index is 4.59. The van der Waals surface area contributed by atoms with E-state index in [-0.39, 0.29) is 0 Å². The number of rotatable bonds is 8. The number of aromatic nitrogens is 1. The Morgan fingerprint density at radius 1 is 1.20 bits per heavy atom. The molecule has 0 atom stereocenters. The predicted molar refractivity (Wildman–Crippen MR) is 85.9 cm³/mol. The topological polar surface area (TPSA) is 49.3 Å². The SMILES string of the molecule is CCCCCCNC(=NCc1ncccc1C)NCC. The van der Waals surface area contributed by atoms with Crippen LogP contribution in [0.2, 0.25) is 0 Å². The highest BCUT2D eigenvalue weighted by Gasteiger charge is 2.00. The number of aliphatic imine (C=N–C) groups is 1. The average Bonchev–Trinajstić information content (AvgIpc) is 2.46. The molecule has 1 aromatic rings. The van der Waals surface area contributed by atoms with Gasteiger partial charge in [-0.25, -0.2) is 4.99 Å². The monoisotopic (exact) mass is 276 g/mol. The van der Waals surface area contributed by atoms with E-state index in [0.717, 1.165) is 24.7 Å². The summed E-state index contributed by atoms with van der Waals surface area (Å²) < 4.78 is 0. The zero-order valence-corrected chi connectivity index (χ0v) is 13.1. The third-order valence-corrected chi connectivity index (χ3v) is 3.17. The molecule has 4 heteroatoms. The van der Waals surface area contributed by atoms with Crippen LogP contribution >= 0.6 is 0 Å². The maximum Gasteiger partial charge on any atom is 0.191 e. The van der Waals surface area contributed by atoms with Crippen molar-refractivity contribution in [3.05, 3.63) is 29.6 Å². The van der Waals surface area contributed by atoms with Crippen molar-refractivity contribution in [1.82, 2.24) is 15.6 Å². The van der Waals surface area contributed by atoms with Crippen molar-refractivity contribution in [1.29, 1.82) is 0 Å². The lowest BCUT2D eigenvalue weighted by Gasteiger charge is -2.11. The molecule has 4 nitrogen and oxygen atoms in total. The number of nitrogens with one attached hydrogen (secondary N) is 2. The molecular formula is C16H28N4. The van der Waals surface area contributed by atoms with Gasteiger partial charge in [-0.05, 0) is 31.9 Å². The molecule has 0 radical (unpaired) electrons. The van der Waals surface area contributed by atoms with Crippen molar-refractivity contribution in [3.8, 4) is 0 Å². The van der Waals surface area contributed by atoms with Gasteiger partial charge in [0.2, 0.25) is 0 Å². The summed E-state index contributed by atoms with van der Waals surface area (Å²) in [5.74, 6) is 0.883. The Labute approximate surface area is 123 Å². The third-order valence-electron chi connectivity index (χ3n) is 3.17. The molecule has 2 N–H and O–H groups in total. The quantitative estimate of drug-likeness (QED) is 0.436. The predicted octanol–water partition coefficient (Wildman–Crippen LogP) is 3.03. The van der Waals surface area contributed by atoms with E-state index >= 15 is 0 Å². The van der Waals surface area contributed by atoms with Crippen LogP contribution in [0.3, 0.4) is 0 Å². The van der Waals surface area contributed by atoms with Crippen LogP contribution in [0.15, 0.2) is 23.3 Å². The average molecular weight is 276 g/mol. The fraction of sp³-hybridized carbons (Fsp3) is 0.625. The van der Waals surface area contributed by atoms with E-state index in [1.54, 1.807) is 0 Å². The van der Waals surface area contributed by atoms with Crippen molar-refractivity contribution < 1.29 is 0 Å². The van der Waals surface area contributed by atoms with Crippen LogP contribution < -0.4 is 10.6 Å². The summed E-state index contributed by atoms with van der Waals surface area (Å²) in [6.45, 7) is 8.86. The number of unbranched alkanes of at least 4 members (excludes halogenated alkanes) is 3. The van der Waals surface area contributed by atoms with Crippen LogP contribution in [-0.4, -0.2) is 24.0 Å².